The monoisotopic (exact) mass is 373 g/mol. The number of nitro groups is 1. The molecule has 2 aromatic heterocycles. The van der Waals surface area contributed by atoms with Gasteiger partial charge in [0.25, 0.3) is 11.6 Å². The van der Waals surface area contributed by atoms with Crippen molar-refractivity contribution in [3.8, 4) is 11.3 Å². The maximum atomic E-state index is 11.8. The Bertz CT molecular complexity index is 933. The molecule has 1 aromatic carbocycles. The van der Waals surface area contributed by atoms with E-state index in [2.05, 4.69) is 10.3 Å². The highest BCUT2D eigenvalue weighted by molar-refractivity contribution is 7.14. The van der Waals surface area contributed by atoms with E-state index in [1.807, 2.05) is 0 Å². The van der Waals surface area contributed by atoms with Gasteiger partial charge in [-0.25, -0.2) is 9.78 Å². The summed E-state index contributed by atoms with van der Waals surface area (Å²) < 4.78 is 9.68. The van der Waals surface area contributed by atoms with Gasteiger partial charge < -0.3 is 9.15 Å². The second-order valence-electron chi connectivity index (χ2n) is 4.94. The molecule has 3 rings (SSSR count). The van der Waals surface area contributed by atoms with Crippen LogP contribution in [0.15, 0.2) is 52.5 Å². The third kappa shape index (κ3) is 4.11. The lowest BCUT2D eigenvalue weighted by atomic mass is 10.1. The molecule has 0 atom stereocenters. The number of hydrogen-bond acceptors (Lipinski definition) is 8. The summed E-state index contributed by atoms with van der Waals surface area (Å²) in [7, 11) is 0. The molecule has 1 amide bonds. The summed E-state index contributed by atoms with van der Waals surface area (Å²) in [4.78, 5) is 37.8. The minimum Gasteiger partial charge on any atom is -0.457 e. The highest BCUT2D eigenvalue weighted by atomic mass is 32.1. The average molecular weight is 373 g/mol. The molecule has 0 saturated heterocycles. The molecule has 0 fully saturated rings. The lowest BCUT2D eigenvalue weighted by molar-refractivity contribution is -0.384. The number of nitrogens with zero attached hydrogens (tertiary/aromatic N) is 2. The number of carbonyl (C=O) groups is 2. The number of aromatic nitrogens is 1. The Morgan fingerprint density at radius 3 is 2.69 bits per heavy atom. The number of amides is 1. The van der Waals surface area contributed by atoms with E-state index in [1.165, 1.54) is 41.9 Å². The zero-order valence-electron chi connectivity index (χ0n) is 13.1. The molecule has 0 bridgehead atoms. The molecule has 9 nitrogen and oxygen atoms in total. The molecule has 0 radical (unpaired) electrons. The Morgan fingerprint density at radius 2 is 2.04 bits per heavy atom. The van der Waals surface area contributed by atoms with Crippen LogP contribution in [-0.2, 0) is 9.53 Å². The van der Waals surface area contributed by atoms with Crippen molar-refractivity contribution in [2.45, 2.75) is 0 Å². The molecule has 0 spiro atoms. The van der Waals surface area contributed by atoms with E-state index >= 15 is 0 Å². The van der Waals surface area contributed by atoms with Crippen LogP contribution < -0.4 is 5.32 Å². The van der Waals surface area contributed by atoms with Gasteiger partial charge in [-0.15, -0.1) is 11.3 Å². The van der Waals surface area contributed by atoms with Crippen molar-refractivity contribution >= 4 is 34.0 Å². The number of furan rings is 1. The van der Waals surface area contributed by atoms with Crippen LogP contribution in [0.2, 0.25) is 0 Å². The Morgan fingerprint density at radius 1 is 1.27 bits per heavy atom. The molecule has 2 heterocycles. The van der Waals surface area contributed by atoms with E-state index in [0.717, 1.165) is 0 Å². The summed E-state index contributed by atoms with van der Waals surface area (Å²) in [5.74, 6) is -1.28. The number of ether oxygens (including phenoxy) is 1. The number of nitrogens with one attached hydrogen (secondary N) is 1. The van der Waals surface area contributed by atoms with E-state index in [1.54, 1.807) is 17.5 Å². The number of esters is 1. The number of rotatable bonds is 6. The normalized spacial score (nSPS) is 10.3. The van der Waals surface area contributed by atoms with Gasteiger partial charge in [-0.05, 0) is 24.3 Å². The standard InChI is InChI=1S/C16H11N3O6S/c20-14(8-25-15(21)13-2-1-7-24-13)18-16-17-12(9-26-16)10-3-5-11(6-4-10)19(22)23/h1-7,9H,8H2,(H,17,18,20). The summed E-state index contributed by atoms with van der Waals surface area (Å²) in [5.41, 5.74) is 1.22. The lowest BCUT2D eigenvalue weighted by Gasteiger charge is -2.02. The summed E-state index contributed by atoms with van der Waals surface area (Å²) in [6.07, 6.45) is 1.33. The van der Waals surface area contributed by atoms with Crippen molar-refractivity contribution in [1.29, 1.82) is 0 Å². The first kappa shape index (κ1) is 17.3. The SMILES string of the molecule is O=C(COC(=O)c1ccco1)Nc1nc(-c2ccc([N+](=O)[O-])cc2)cs1. The first-order valence-electron chi connectivity index (χ1n) is 7.24. The minimum atomic E-state index is -0.740. The summed E-state index contributed by atoms with van der Waals surface area (Å²) in [5, 5.41) is 15.2. The molecule has 3 aromatic rings. The molecule has 132 valence electrons. The van der Waals surface area contributed by atoms with Gasteiger partial charge in [0.05, 0.1) is 16.9 Å². The van der Waals surface area contributed by atoms with E-state index < -0.39 is 23.4 Å². The molecule has 26 heavy (non-hydrogen) atoms. The second kappa shape index (κ2) is 7.57. The van der Waals surface area contributed by atoms with Crippen molar-refractivity contribution in [3.05, 3.63) is 63.9 Å². The van der Waals surface area contributed by atoms with Crippen LogP contribution in [0.3, 0.4) is 0 Å². The van der Waals surface area contributed by atoms with Gasteiger partial charge in [-0.2, -0.15) is 0 Å². The molecule has 0 unspecified atom stereocenters. The number of benzene rings is 1. The van der Waals surface area contributed by atoms with Crippen molar-refractivity contribution < 1.29 is 23.7 Å². The fourth-order valence-electron chi connectivity index (χ4n) is 1.97. The van der Waals surface area contributed by atoms with Crippen molar-refractivity contribution in [2.24, 2.45) is 0 Å². The number of hydrogen-bond donors (Lipinski definition) is 1. The van der Waals surface area contributed by atoms with Crippen LogP contribution in [0.4, 0.5) is 10.8 Å². The molecule has 0 aliphatic carbocycles. The first-order chi connectivity index (χ1) is 12.5. The Labute approximate surface area is 150 Å². The Hall–Kier alpha value is -3.53. The fraction of sp³-hybridized carbons (Fsp3) is 0.0625. The summed E-state index contributed by atoms with van der Waals surface area (Å²) in [6, 6.07) is 8.86. The van der Waals surface area contributed by atoms with E-state index in [-0.39, 0.29) is 11.4 Å². The minimum absolute atomic E-state index is 0.00695. The van der Waals surface area contributed by atoms with Crippen molar-refractivity contribution in [2.75, 3.05) is 11.9 Å². The molecule has 0 aliphatic heterocycles. The summed E-state index contributed by atoms with van der Waals surface area (Å²) in [6.45, 7) is -0.480. The number of thiazole rings is 1. The smallest absolute Gasteiger partial charge is 0.374 e. The van der Waals surface area contributed by atoms with Gasteiger partial charge in [0, 0.05) is 23.1 Å². The van der Waals surface area contributed by atoms with Crippen LogP contribution in [0.5, 0.6) is 0 Å². The van der Waals surface area contributed by atoms with Crippen LogP contribution in [-0.4, -0.2) is 28.4 Å². The second-order valence-corrected chi connectivity index (χ2v) is 5.80. The number of anilines is 1. The number of non-ortho nitro benzene ring substituents is 1. The summed E-state index contributed by atoms with van der Waals surface area (Å²) >= 11 is 1.18. The van der Waals surface area contributed by atoms with Crippen molar-refractivity contribution in [1.82, 2.24) is 4.98 Å². The zero-order valence-corrected chi connectivity index (χ0v) is 13.9. The van der Waals surface area contributed by atoms with Gasteiger partial charge in [0.2, 0.25) is 5.76 Å². The third-order valence-corrected chi connectivity index (χ3v) is 3.94. The quantitative estimate of drug-likeness (QED) is 0.400. The number of nitro benzene ring substituents is 1. The maximum Gasteiger partial charge on any atom is 0.374 e. The Balaban J connectivity index is 1.56. The van der Waals surface area contributed by atoms with Crippen LogP contribution in [0, 0.1) is 10.1 Å². The van der Waals surface area contributed by atoms with Gasteiger partial charge in [-0.3, -0.25) is 20.2 Å². The van der Waals surface area contributed by atoms with Crippen LogP contribution in [0.1, 0.15) is 10.6 Å². The van der Waals surface area contributed by atoms with Crippen LogP contribution in [0.25, 0.3) is 11.3 Å². The van der Waals surface area contributed by atoms with E-state index in [0.29, 0.717) is 16.4 Å². The van der Waals surface area contributed by atoms with Gasteiger partial charge >= 0.3 is 5.97 Å². The molecule has 1 N–H and O–H groups in total. The fourth-order valence-corrected chi connectivity index (χ4v) is 2.71. The van der Waals surface area contributed by atoms with Gasteiger partial charge in [0.15, 0.2) is 11.7 Å². The zero-order chi connectivity index (χ0) is 18.5. The predicted octanol–water partition coefficient (Wildman–Crippen LogP) is 3.11. The Kier molecular flexibility index (Phi) is 5.04. The highest BCUT2D eigenvalue weighted by Gasteiger charge is 2.14. The van der Waals surface area contributed by atoms with Crippen molar-refractivity contribution in [3.63, 3.8) is 0 Å². The van der Waals surface area contributed by atoms with E-state index in [9.17, 15) is 19.7 Å². The predicted molar refractivity (Wildman–Crippen MR) is 91.8 cm³/mol. The van der Waals surface area contributed by atoms with Crippen LogP contribution >= 0.6 is 11.3 Å². The van der Waals surface area contributed by atoms with Gasteiger partial charge in [-0.1, -0.05) is 0 Å². The molecular formula is C16H11N3O6S. The van der Waals surface area contributed by atoms with Gasteiger partial charge in [0.1, 0.15) is 0 Å². The highest BCUT2D eigenvalue weighted by Crippen LogP contribution is 2.26. The third-order valence-electron chi connectivity index (χ3n) is 3.18. The average Bonchev–Trinajstić information content (AvgIpc) is 3.32. The number of carbonyl (C=O) groups excluding carboxylic acids is 2. The topological polar surface area (TPSA) is 125 Å². The lowest BCUT2D eigenvalue weighted by Crippen LogP contribution is -2.20. The molecular weight excluding hydrogens is 362 g/mol. The maximum absolute atomic E-state index is 11.8. The van der Waals surface area contributed by atoms with E-state index in [4.69, 9.17) is 9.15 Å². The largest absolute Gasteiger partial charge is 0.457 e. The molecule has 0 aliphatic rings. The first-order valence-corrected chi connectivity index (χ1v) is 8.12. The molecule has 10 heteroatoms. The molecule has 0 saturated carbocycles.